The van der Waals surface area contributed by atoms with Crippen molar-refractivity contribution in [2.24, 2.45) is 0 Å². The van der Waals surface area contributed by atoms with Crippen molar-refractivity contribution in [3.05, 3.63) is 70.3 Å². The first-order valence-corrected chi connectivity index (χ1v) is 19.2. The predicted octanol–water partition coefficient (Wildman–Crippen LogP) is 8.39. The van der Waals surface area contributed by atoms with Gasteiger partial charge in [0.25, 0.3) is 11.9 Å². The van der Waals surface area contributed by atoms with E-state index >= 15 is 0 Å². The van der Waals surface area contributed by atoms with Crippen molar-refractivity contribution in [1.82, 2.24) is 25.3 Å². The number of nitrogens with zero attached hydrogens (tertiary/aromatic N) is 3. The number of rotatable bonds is 2. The van der Waals surface area contributed by atoms with Gasteiger partial charge in [0.1, 0.15) is 0 Å². The second kappa shape index (κ2) is 50.8. The van der Waals surface area contributed by atoms with Crippen molar-refractivity contribution in [1.29, 1.82) is 0 Å². The van der Waals surface area contributed by atoms with Crippen LogP contribution in [-0.4, -0.2) is 99.4 Å². The van der Waals surface area contributed by atoms with Gasteiger partial charge >= 0.3 is 42.1 Å². The van der Waals surface area contributed by atoms with Gasteiger partial charge < -0.3 is 42.0 Å². The number of hydrogen-bond donors (Lipinski definition) is 4. The van der Waals surface area contributed by atoms with Crippen molar-refractivity contribution in [2.75, 3.05) is 32.7 Å². The summed E-state index contributed by atoms with van der Waals surface area (Å²) in [5.41, 5.74) is 2.25. The normalized spacial score (nSPS) is 18.5. The molecule has 58 heavy (non-hydrogen) atoms. The van der Waals surface area contributed by atoms with Crippen LogP contribution in [0.5, 0.6) is 0 Å². The molecule has 5 aliphatic heterocycles. The fourth-order valence-corrected chi connectivity index (χ4v) is 5.35. The van der Waals surface area contributed by atoms with Gasteiger partial charge in [0.05, 0.1) is 0 Å². The zero-order valence-electron chi connectivity index (χ0n) is 35.0. The van der Waals surface area contributed by atoms with Crippen LogP contribution in [-0.2, 0) is 66.1 Å². The molecule has 12 nitrogen and oxygen atoms in total. The average molecular weight is 1160 g/mol. The summed E-state index contributed by atoms with van der Waals surface area (Å²) in [6.07, 6.45) is 23.7. The largest absolute Gasteiger partial charge is 2.00 e. The van der Waals surface area contributed by atoms with E-state index in [9.17, 15) is 14.4 Å². The number of carboxylic acid groups (broad SMARTS) is 2. The van der Waals surface area contributed by atoms with Crippen LogP contribution >= 0.6 is 0 Å². The number of amides is 3. The third kappa shape index (κ3) is 49.8. The molecule has 2 unspecified atom stereocenters. The van der Waals surface area contributed by atoms with E-state index in [1.165, 1.54) is 64.5 Å². The molecule has 6 fully saturated rings. The molecule has 14 heteroatoms. The SMILES string of the molecule is C.C.C=C=C.C=CC1CCCN1.C=CC1CCCN1C(C)=O.CC(=O)N1[CH-]CCC1.CC(=O)N1[CH-]CCC1.CC(=O)O.CC(=O)O.[CH-]1CCCC1.[CH-]1CCCN1.[W+2].[W+2]. The monoisotopic (exact) mass is 1160 g/mol. The smallest absolute Gasteiger partial charge is 0.493 e. The Bertz CT molecular complexity index is 978. The number of nitrogens with one attached hydrogen (secondary N) is 2. The van der Waals surface area contributed by atoms with E-state index in [4.69, 9.17) is 19.8 Å². The maximum absolute atomic E-state index is 10.9. The van der Waals surface area contributed by atoms with Crippen LogP contribution in [0.4, 0.5) is 0 Å². The Morgan fingerprint density at radius 2 is 1.10 bits per heavy atom. The van der Waals surface area contributed by atoms with E-state index in [1.54, 1.807) is 30.6 Å². The molecular formula is C44H81N5O7W2. The summed E-state index contributed by atoms with van der Waals surface area (Å²) in [6, 6.07) is 0.914. The summed E-state index contributed by atoms with van der Waals surface area (Å²) < 4.78 is 0. The molecule has 5 heterocycles. The van der Waals surface area contributed by atoms with Crippen molar-refractivity contribution < 1.29 is 76.3 Å². The quantitative estimate of drug-likeness (QED) is 0.121. The van der Waals surface area contributed by atoms with E-state index in [-0.39, 0.29) is 74.7 Å². The first-order chi connectivity index (χ1) is 25.7. The van der Waals surface area contributed by atoms with Crippen molar-refractivity contribution in [3.63, 3.8) is 0 Å². The van der Waals surface area contributed by atoms with Gasteiger partial charge in [-0.1, -0.05) is 72.3 Å². The molecule has 1 aliphatic carbocycles. The van der Waals surface area contributed by atoms with Gasteiger partial charge in [-0.15, -0.1) is 18.9 Å². The van der Waals surface area contributed by atoms with Gasteiger partial charge in [-0.25, -0.2) is 13.1 Å². The van der Waals surface area contributed by atoms with E-state index in [2.05, 4.69) is 55.6 Å². The number of aliphatic carboxylic acids is 2. The Kier molecular flexibility index (Phi) is 61.5. The zero-order valence-corrected chi connectivity index (χ0v) is 40.8. The molecule has 2 atom stereocenters. The number of likely N-dealkylation sites (tertiary alicyclic amines) is 3. The van der Waals surface area contributed by atoms with Crippen molar-refractivity contribution >= 4 is 29.7 Å². The molecule has 0 aromatic carbocycles. The van der Waals surface area contributed by atoms with E-state index < -0.39 is 11.9 Å². The van der Waals surface area contributed by atoms with Crippen LogP contribution in [0.15, 0.2) is 44.2 Å². The zero-order chi connectivity index (χ0) is 41.6. The number of carbonyl (C=O) groups excluding carboxylic acids is 3. The first kappa shape index (κ1) is 70.2. The van der Waals surface area contributed by atoms with E-state index in [0.717, 1.165) is 72.0 Å². The molecule has 0 spiro atoms. The van der Waals surface area contributed by atoms with Crippen LogP contribution in [0.1, 0.15) is 139 Å². The molecule has 3 amide bonds. The van der Waals surface area contributed by atoms with Crippen LogP contribution in [0, 0.1) is 26.1 Å². The topological polar surface area (TPSA) is 160 Å². The molecular weight excluding hydrogens is 1080 g/mol. The number of carbonyl (C=O) groups is 5. The van der Waals surface area contributed by atoms with Gasteiger partial charge in [-0.2, -0.15) is 32.1 Å². The summed E-state index contributed by atoms with van der Waals surface area (Å²) in [7, 11) is 0. The minimum Gasteiger partial charge on any atom is -0.493 e. The molecule has 4 N–H and O–H groups in total. The molecule has 0 bridgehead atoms. The molecule has 0 radical (unpaired) electrons. The summed E-state index contributed by atoms with van der Waals surface area (Å²) in [4.78, 5) is 55.4. The first-order valence-electron chi connectivity index (χ1n) is 19.2. The second-order valence-corrected chi connectivity index (χ2v) is 12.8. The Hall–Kier alpha value is -2.35. The minimum atomic E-state index is -0.833. The van der Waals surface area contributed by atoms with E-state index in [0.29, 0.717) is 12.1 Å². The Morgan fingerprint density at radius 1 is 0.638 bits per heavy atom. The molecule has 0 aromatic rings. The third-order valence-corrected chi connectivity index (χ3v) is 7.95. The summed E-state index contributed by atoms with van der Waals surface area (Å²) in [6.45, 7) is 31.8. The fraction of sp³-hybridized carbons (Fsp3) is 0.636. The third-order valence-electron chi connectivity index (χ3n) is 7.95. The minimum absolute atomic E-state index is 0. The molecule has 6 aliphatic rings. The van der Waals surface area contributed by atoms with Gasteiger partial charge in [-0.05, 0) is 51.9 Å². The van der Waals surface area contributed by atoms with Crippen molar-refractivity contribution in [3.8, 4) is 0 Å². The average Bonchev–Trinajstić information content (AvgIpc) is 3.99. The summed E-state index contributed by atoms with van der Waals surface area (Å²) in [5, 5.41) is 21.2. The van der Waals surface area contributed by atoms with Crippen LogP contribution in [0.2, 0.25) is 0 Å². The van der Waals surface area contributed by atoms with Gasteiger partial charge in [0, 0.05) is 53.2 Å². The molecule has 0 aromatic heterocycles. The van der Waals surface area contributed by atoms with Gasteiger partial charge in [0.15, 0.2) is 11.8 Å². The Morgan fingerprint density at radius 3 is 1.28 bits per heavy atom. The molecule has 5 saturated heterocycles. The Balaban J connectivity index is -0.000000102. The predicted molar refractivity (Wildman–Crippen MR) is 233 cm³/mol. The fourth-order valence-electron chi connectivity index (χ4n) is 5.35. The second-order valence-electron chi connectivity index (χ2n) is 12.8. The number of hydrogen-bond acceptors (Lipinski definition) is 7. The van der Waals surface area contributed by atoms with Crippen LogP contribution in [0.3, 0.4) is 0 Å². The van der Waals surface area contributed by atoms with Gasteiger partial charge in [-0.3, -0.25) is 30.5 Å². The standard InChI is InChI=1S/C8H13NO.2C6H10NO.C6H11N.C5H9.C4H8N.C3H4.2C2H4O2.2CH4.2W/c1-3-8-5-4-6-9(8)7(2)10;2*1-6(8)7-4-2-3-5-7;1-2-6-4-3-5-7-6;2*1-2-4-5-3-1;1-3-2;2*1-2(3)4;;;;/h3,8H,1,4-6H2,2H3;2*4H,2-3,5H2,1H3;2,6-7H,1,3-5H2;1H,2-5H2;3,5H,1-2,4H2;1-2H2;2*1H3,(H,3,4);2*1H4;;/q;2*-1;;2*-1;;;;;;2*+2. The molecule has 1 saturated carbocycles. The molecule has 6 rings (SSSR count). The maximum atomic E-state index is 10.9. The summed E-state index contributed by atoms with van der Waals surface area (Å²) >= 11 is 0. The Labute approximate surface area is 383 Å². The summed E-state index contributed by atoms with van der Waals surface area (Å²) in [5.74, 6) is -1.16. The maximum Gasteiger partial charge on any atom is 2.00 e. The van der Waals surface area contributed by atoms with E-state index in [1.807, 2.05) is 30.1 Å². The van der Waals surface area contributed by atoms with Gasteiger partial charge in [0.2, 0.25) is 5.91 Å². The molecule has 336 valence electrons. The van der Waals surface area contributed by atoms with Crippen LogP contribution < -0.4 is 10.6 Å². The van der Waals surface area contributed by atoms with Crippen LogP contribution in [0.25, 0.3) is 0 Å². The van der Waals surface area contributed by atoms with Crippen molar-refractivity contribution in [2.45, 2.75) is 151 Å². The number of carboxylic acids is 2.